The van der Waals surface area contributed by atoms with Crippen LogP contribution >= 0.6 is 23.2 Å². The lowest BCUT2D eigenvalue weighted by Gasteiger charge is -2.10. The van der Waals surface area contributed by atoms with E-state index in [1.54, 1.807) is 41.2 Å². The van der Waals surface area contributed by atoms with Crippen molar-refractivity contribution >= 4 is 46.3 Å². The minimum Gasteiger partial charge on any atom is -0.308 e. The number of benzene rings is 2. The molecule has 2 amide bonds. The molecule has 0 atom stereocenters. The van der Waals surface area contributed by atoms with Crippen molar-refractivity contribution < 1.29 is 4.79 Å². The van der Waals surface area contributed by atoms with Crippen molar-refractivity contribution in [1.29, 1.82) is 0 Å². The molecule has 0 aliphatic carbocycles. The third-order valence-corrected chi connectivity index (χ3v) is 5.53. The van der Waals surface area contributed by atoms with Crippen molar-refractivity contribution in [3.63, 3.8) is 0 Å². The average molecular weight is 476 g/mol. The van der Waals surface area contributed by atoms with Gasteiger partial charge in [-0.1, -0.05) is 35.3 Å². The Morgan fingerprint density at radius 3 is 2.36 bits per heavy atom. The average Bonchev–Trinajstić information content (AvgIpc) is 3.25. The van der Waals surface area contributed by atoms with Gasteiger partial charge in [0.1, 0.15) is 0 Å². The largest absolute Gasteiger partial charge is 0.323 e. The number of carbonyl (C=O) groups excluding carboxylic acids is 1. The second-order valence-electron chi connectivity index (χ2n) is 7.04. The number of amides is 2. The van der Waals surface area contributed by atoms with Crippen LogP contribution in [-0.4, -0.2) is 30.8 Å². The number of rotatable bonds is 4. The van der Waals surface area contributed by atoms with E-state index in [-0.39, 0.29) is 0 Å². The Balaban J connectivity index is 1.39. The van der Waals surface area contributed by atoms with Gasteiger partial charge in [-0.05, 0) is 54.6 Å². The van der Waals surface area contributed by atoms with E-state index in [0.29, 0.717) is 38.6 Å². The van der Waals surface area contributed by atoms with Crippen LogP contribution in [0.3, 0.4) is 0 Å². The van der Waals surface area contributed by atoms with Crippen molar-refractivity contribution in [3.05, 3.63) is 89.2 Å². The fourth-order valence-electron chi connectivity index (χ4n) is 3.25. The predicted molar refractivity (Wildman–Crippen MR) is 129 cm³/mol. The number of anilines is 2. The minimum absolute atomic E-state index is 0.359. The lowest BCUT2D eigenvalue weighted by atomic mass is 10.1. The van der Waals surface area contributed by atoms with Gasteiger partial charge in [0.25, 0.3) is 0 Å². The van der Waals surface area contributed by atoms with Crippen LogP contribution < -0.4 is 10.6 Å². The van der Waals surface area contributed by atoms with E-state index in [9.17, 15) is 4.79 Å². The molecule has 0 saturated carbocycles. The first-order valence-corrected chi connectivity index (χ1v) is 10.6. The standard InChI is InChI=1S/C23H15Cl2N7O/c24-18-5-4-17(13-19(18)25)28-23(33)27-16-3-1-2-15(12-16)20-6-7-21-29-30-22(32(21)31-20)14-8-10-26-11-9-14/h1-13H,(H2,27,28,33). The van der Waals surface area contributed by atoms with E-state index in [1.165, 1.54) is 0 Å². The van der Waals surface area contributed by atoms with Crippen LogP contribution in [0.15, 0.2) is 79.1 Å². The lowest BCUT2D eigenvalue weighted by Crippen LogP contribution is -2.19. The van der Waals surface area contributed by atoms with Crippen molar-refractivity contribution in [2.24, 2.45) is 0 Å². The Hall–Kier alpha value is -4.01. The Morgan fingerprint density at radius 2 is 1.58 bits per heavy atom. The third-order valence-electron chi connectivity index (χ3n) is 4.80. The van der Waals surface area contributed by atoms with Gasteiger partial charge in [0, 0.05) is 34.9 Å². The summed E-state index contributed by atoms with van der Waals surface area (Å²) in [6.07, 6.45) is 3.39. The first-order chi connectivity index (χ1) is 16.1. The Morgan fingerprint density at radius 1 is 0.788 bits per heavy atom. The lowest BCUT2D eigenvalue weighted by molar-refractivity contribution is 0.262. The molecule has 5 rings (SSSR count). The van der Waals surface area contributed by atoms with E-state index in [2.05, 4.69) is 25.8 Å². The number of nitrogens with one attached hydrogen (secondary N) is 2. The Bertz CT molecular complexity index is 1470. The summed E-state index contributed by atoms with van der Waals surface area (Å²) in [4.78, 5) is 16.5. The van der Waals surface area contributed by atoms with Crippen molar-refractivity contribution in [3.8, 4) is 22.6 Å². The number of hydrogen-bond acceptors (Lipinski definition) is 5. The van der Waals surface area contributed by atoms with E-state index in [4.69, 9.17) is 28.3 Å². The van der Waals surface area contributed by atoms with Crippen LogP contribution in [0.1, 0.15) is 0 Å². The summed E-state index contributed by atoms with van der Waals surface area (Å²) in [6, 6.07) is 19.2. The van der Waals surface area contributed by atoms with Gasteiger partial charge in [0.05, 0.1) is 15.7 Å². The molecule has 0 aliphatic heterocycles. The summed E-state index contributed by atoms with van der Waals surface area (Å²) in [5, 5.41) is 19.5. The maximum Gasteiger partial charge on any atom is 0.323 e. The summed E-state index contributed by atoms with van der Waals surface area (Å²) in [7, 11) is 0. The molecule has 0 aliphatic rings. The van der Waals surface area contributed by atoms with E-state index >= 15 is 0 Å². The maximum absolute atomic E-state index is 12.4. The number of urea groups is 1. The number of carbonyl (C=O) groups is 1. The molecule has 8 nitrogen and oxygen atoms in total. The molecule has 33 heavy (non-hydrogen) atoms. The smallest absolute Gasteiger partial charge is 0.308 e. The first kappa shape index (κ1) is 20.9. The van der Waals surface area contributed by atoms with Crippen LogP contribution in [0.5, 0.6) is 0 Å². The highest BCUT2D eigenvalue weighted by atomic mass is 35.5. The highest BCUT2D eigenvalue weighted by Gasteiger charge is 2.11. The SMILES string of the molecule is O=C(Nc1cccc(-c2ccc3nnc(-c4ccncc4)n3n2)c1)Nc1ccc(Cl)c(Cl)c1. The number of pyridine rings is 1. The van der Waals surface area contributed by atoms with E-state index in [0.717, 1.165) is 11.1 Å². The zero-order valence-electron chi connectivity index (χ0n) is 16.9. The third kappa shape index (κ3) is 4.48. The number of fused-ring (bicyclic) bond motifs is 1. The summed E-state index contributed by atoms with van der Waals surface area (Å²) < 4.78 is 1.68. The summed E-state index contributed by atoms with van der Waals surface area (Å²) in [5.41, 5.74) is 4.13. The van der Waals surface area contributed by atoms with E-state index in [1.807, 2.05) is 42.5 Å². The normalized spacial score (nSPS) is 10.8. The van der Waals surface area contributed by atoms with Crippen LogP contribution in [0, 0.1) is 0 Å². The summed E-state index contributed by atoms with van der Waals surface area (Å²) in [6.45, 7) is 0. The molecule has 0 saturated heterocycles. The molecule has 3 aromatic heterocycles. The summed E-state index contributed by atoms with van der Waals surface area (Å²) in [5.74, 6) is 0.615. The minimum atomic E-state index is -0.410. The molecule has 2 N–H and O–H groups in total. The Labute approximate surface area is 198 Å². The van der Waals surface area contributed by atoms with Crippen LogP contribution in [0.25, 0.3) is 28.3 Å². The van der Waals surface area contributed by atoms with Gasteiger partial charge in [0.15, 0.2) is 11.5 Å². The fraction of sp³-hybridized carbons (Fsp3) is 0. The molecular weight excluding hydrogens is 461 g/mol. The molecule has 0 bridgehead atoms. The number of halogens is 2. The second-order valence-corrected chi connectivity index (χ2v) is 7.85. The molecule has 3 heterocycles. The van der Waals surface area contributed by atoms with Gasteiger partial charge in [-0.25, -0.2) is 4.79 Å². The van der Waals surface area contributed by atoms with Gasteiger partial charge >= 0.3 is 6.03 Å². The highest BCUT2D eigenvalue weighted by Crippen LogP contribution is 2.26. The van der Waals surface area contributed by atoms with Crippen LogP contribution in [-0.2, 0) is 0 Å². The zero-order chi connectivity index (χ0) is 22.8. The highest BCUT2D eigenvalue weighted by molar-refractivity contribution is 6.42. The first-order valence-electron chi connectivity index (χ1n) is 9.83. The quantitative estimate of drug-likeness (QED) is 0.342. The molecule has 0 fully saturated rings. The van der Waals surface area contributed by atoms with Crippen LogP contribution in [0.2, 0.25) is 10.0 Å². The number of nitrogens with zero attached hydrogens (tertiary/aromatic N) is 5. The summed E-state index contributed by atoms with van der Waals surface area (Å²) >= 11 is 11.9. The van der Waals surface area contributed by atoms with Gasteiger partial charge in [-0.3, -0.25) is 4.98 Å². The van der Waals surface area contributed by atoms with Gasteiger partial charge in [-0.15, -0.1) is 10.2 Å². The van der Waals surface area contributed by atoms with Crippen molar-refractivity contribution in [2.75, 3.05) is 10.6 Å². The number of hydrogen-bond donors (Lipinski definition) is 2. The predicted octanol–water partition coefficient (Wildman–Crippen LogP) is 5.80. The van der Waals surface area contributed by atoms with Gasteiger partial charge < -0.3 is 10.6 Å². The maximum atomic E-state index is 12.4. The van der Waals surface area contributed by atoms with Crippen molar-refractivity contribution in [1.82, 2.24) is 24.8 Å². The Kier molecular flexibility index (Phi) is 5.60. The molecule has 2 aromatic carbocycles. The van der Waals surface area contributed by atoms with E-state index < -0.39 is 6.03 Å². The molecule has 5 aromatic rings. The van der Waals surface area contributed by atoms with Gasteiger partial charge in [-0.2, -0.15) is 9.61 Å². The number of aromatic nitrogens is 5. The fourth-order valence-corrected chi connectivity index (χ4v) is 3.55. The molecule has 162 valence electrons. The van der Waals surface area contributed by atoms with Crippen molar-refractivity contribution in [2.45, 2.75) is 0 Å². The topological polar surface area (TPSA) is 97.1 Å². The molecule has 0 unspecified atom stereocenters. The van der Waals surface area contributed by atoms with Crippen LogP contribution in [0.4, 0.5) is 16.2 Å². The molecule has 10 heteroatoms. The van der Waals surface area contributed by atoms with Gasteiger partial charge in [0.2, 0.25) is 0 Å². The monoisotopic (exact) mass is 475 g/mol. The molecular formula is C23H15Cl2N7O. The second kappa shape index (κ2) is 8.85. The molecule has 0 radical (unpaired) electrons. The zero-order valence-corrected chi connectivity index (χ0v) is 18.4. The molecule has 0 spiro atoms.